The van der Waals surface area contributed by atoms with Crippen LogP contribution in [0.5, 0.6) is 5.75 Å². The van der Waals surface area contributed by atoms with Gasteiger partial charge in [0, 0.05) is 28.8 Å². The van der Waals surface area contributed by atoms with E-state index in [0.717, 1.165) is 24.3 Å². The van der Waals surface area contributed by atoms with Crippen LogP contribution < -0.4 is 4.74 Å². The van der Waals surface area contributed by atoms with Gasteiger partial charge in [-0.25, -0.2) is 17.6 Å². The monoisotopic (exact) mass is 430 g/mol. The summed E-state index contributed by atoms with van der Waals surface area (Å²) < 4.78 is 59.6. The summed E-state index contributed by atoms with van der Waals surface area (Å²) in [7, 11) is 1.32. The van der Waals surface area contributed by atoms with Crippen LogP contribution in [0.15, 0.2) is 66.7 Å². The highest BCUT2D eigenvalue weighted by atomic mass is 19.2. The molecule has 4 rings (SSSR count). The van der Waals surface area contributed by atoms with E-state index in [1.807, 2.05) is 0 Å². The first-order valence-electron chi connectivity index (χ1n) is 9.49. The minimum atomic E-state index is -0.909. The van der Waals surface area contributed by atoms with Crippen LogP contribution in [0.1, 0.15) is 22.3 Å². The molecule has 156 valence electrons. The first-order chi connectivity index (χ1) is 15.4. The lowest BCUT2D eigenvalue weighted by atomic mass is 10.1. The van der Waals surface area contributed by atoms with Gasteiger partial charge in [-0.15, -0.1) is 0 Å². The van der Waals surface area contributed by atoms with E-state index >= 15 is 0 Å². The number of hydrogen-bond acceptors (Lipinski definition) is 1. The molecule has 32 heavy (non-hydrogen) atoms. The minimum absolute atomic E-state index is 0.0807. The first-order valence-corrected chi connectivity index (χ1v) is 9.49. The van der Waals surface area contributed by atoms with E-state index < -0.39 is 23.3 Å². The summed E-state index contributed by atoms with van der Waals surface area (Å²) in [5, 5.41) is 1.14. The van der Waals surface area contributed by atoms with Gasteiger partial charge in [0.2, 0.25) is 0 Å². The van der Waals surface area contributed by atoms with Crippen LogP contribution in [0.4, 0.5) is 17.6 Å². The van der Waals surface area contributed by atoms with E-state index in [-0.39, 0.29) is 11.3 Å². The van der Waals surface area contributed by atoms with Crippen molar-refractivity contribution in [1.82, 2.24) is 0 Å². The zero-order valence-corrected chi connectivity index (χ0v) is 16.8. The molecule has 5 heteroatoms. The summed E-state index contributed by atoms with van der Waals surface area (Å²) >= 11 is 0. The Morgan fingerprint density at radius 1 is 0.531 bits per heavy atom. The number of rotatable bonds is 1. The predicted molar refractivity (Wildman–Crippen MR) is 115 cm³/mol. The van der Waals surface area contributed by atoms with Gasteiger partial charge in [0.25, 0.3) is 0 Å². The maximum absolute atomic E-state index is 14.0. The lowest BCUT2D eigenvalue weighted by Gasteiger charge is -2.02. The molecule has 0 radical (unpaired) electrons. The molecule has 1 nitrogen and oxygen atoms in total. The zero-order valence-electron chi connectivity index (χ0n) is 16.8. The van der Waals surface area contributed by atoms with Crippen molar-refractivity contribution >= 4 is 10.8 Å². The van der Waals surface area contributed by atoms with Gasteiger partial charge in [0.1, 0.15) is 17.4 Å². The Balaban J connectivity index is 1.54. The zero-order chi connectivity index (χ0) is 22.7. The van der Waals surface area contributed by atoms with E-state index in [1.54, 1.807) is 42.5 Å². The van der Waals surface area contributed by atoms with Gasteiger partial charge in [-0.05, 0) is 59.3 Å². The highest BCUT2D eigenvalue weighted by Gasteiger charge is 2.09. The highest BCUT2D eigenvalue weighted by molar-refractivity contribution is 5.84. The second-order valence-electron chi connectivity index (χ2n) is 6.87. The number of benzene rings is 4. The molecular formula is C27H14F4O. The van der Waals surface area contributed by atoms with Crippen molar-refractivity contribution in [2.75, 3.05) is 7.11 Å². The van der Waals surface area contributed by atoms with E-state index in [0.29, 0.717) is 27.5 Å². The van der Waals surface area contributed by atoms with Crippen LogP contribution >= 0.6 is 0 Å². The summed E-state index contributed by atoms with van der Waals surface area (Å²) in [4.78, 5) is 0. The molecule has 4 aromatic rings. The van der Waals surface area contributed by atoms with Gasteiger partial charge in [-0.2, -0.15) is 0 Å². The molecule has 4 aromatic carbocycles. The molecule has 0 aromatic heterocycles. The Bertz CT molecular complexity index is 1430. The van der Waals surface area contributed by atoms with Crippen molar-refractivity contribution in [3.8, 4) is 29.4 Å². The lowest BCUT2D eigenvalue weighted by molar-refractivity contribution is 0.406. The van der Waals surface area contributed by atoms with E-state index in [9.17, 15) is 17.6 Å². The summed E-state index contributed by atoms with van der Waals surface area (Å²) in [6.07, 6.45) is 0. The fourth-order valence-corrected chi connectivity index (χ4v) is 3.02. The summed E-state index contributed by atoms with van der Waals surface area (Å²) in [6, 6.07) is 16.4. The molecule has 0 spiro atoms. The molecule has 0 saturated carbocycles. The fourth-order valence-electron chi connectivity index (χ4n) is 3.02. The molecule has 0 atom stereocenters. The molecule has 0 aliphatic carbocycles. The van der Waals surface area contributed by atoms with Crippen LogP contribution in [-0.2, 0) is 0 Å². The fraction of sp³-hybridized carbons (Fsp3) is 0.0370. The largest absolute Gasteiger partial charge is 0.497 e. The second kappa shape index (κ2) is 8.88. The Morgan fingerprint density at radius 3 is 1.62 bits per heavy atom. The van der Waals surface area contributed by atoms with Gasteiger partial charge in [-0.1, -0.05) is 29.7 Å². The molecule has 0 saturated heterocycles. The quantitative estimate of drug-likeness (QED) is 0.258. The van der Waals surface area contributed by atoms with Crippen molar-refractivity contribution in [3.05, 3.63) is 112 Å². The number of methoxy groups -OCH3 is 1. The molecule has 0 fully saturated rings. The van der Waals surface area contributed by atoms with Crippen molar-refractivity contribution in [2.24, 2.45) is 0 Å². The Morgan fingerprint density at radius 2 is 1.03 bits per heavy atom. The van der Waals surface area contributed by atoms with Crippen LogP contribution in [0.25, 0.3) is 10.8 Å². The molecule has 0 N–H and O–H groups in total. The maximum Gasteiger partial charge on any atom is 0.159 e. The van der Waals surface area contributed by atoms with Crippen molar-refractivity contribution < 1.29 is 22.3 Å². The smallest absolute Gasteiger partial charge is 0.159 e. The average Bonchev–Trinajstić information content (AvgIpc) is 2.78. The third-order valence-corrected chi connectivity index (χ3v) is 4.70. The van der Waals surface area contributed by atoms with Gasteiger partial charge in [-0.3, -0.25) is 0 Å². The second-order valence-corrected chi connectivity index (χ2v) is 6.87. The SMILES string of the molecule is COc1cc(F)c(C#Cc2ccc(C#Cc3ccc4cc(F)c(F)cc4c3)cc2)c(F)c1. The Labute approximate surface area is 182 Å². The topological polar surface area (TPSA) is 9.23 Å². The maximum atomic E-state index is 14.0. The van der Waals surface area contributed by atoms with Crippen LogP contribution in [0.3, 0.4) is 0 Å². The summed E-state index contributed by atoms with van der Waals surface area (Å²) in [5.74, 6) is 7.88. The molecule has 0 bridgehead atoms. The van der Waals surface area contributed by atoms with Crippen LogP contribution in [0.2, 0.25) is 0 Å². The van der Waals surface area contributed by atoms with Crippen molar-refractivity contribution in [3.63, 3.8) is 0 Å². The van der Waals surface area contributed by atoms with Gasteiger partial charge >= 0.3 is 0 Å². The molecule has 0 aliphatic rings. The molecular weight excluding hydrogens is 416 g/mol. The predicted octanol–water partition coefficient (Wildman–Crippen LogP) is 6.20. The normalized spacial score (nSPS) is 10.2. The average molecular weight is 430 g/mol. The summed E-state index contributed by atoms with van der Waals surface area (Å²) in [6.45, 7) is 0. The van der Waals surface area contributed by atoms with Gasteiger partial charge in [0.05, 0.1) is 12.7 Å². The molecule has 0 unspecified atom stereocenters. The number of hydrogen-bond donors (Lipinski definition) is 0. The number of fused-ring (bicyclic) bond motifs is 1. The Hall–Kier alpha value is -4.22. The highest BCUT2D eigenvalue weighted by Crippen LogP contribution is 2.21. The van der Waals surface area contributed by atoms with Crippen LogP contribution in [0, 0.1) is 47.0 Å². The van der Waals surface area contributed by atoms with Crippen LogP contribution in [-0.4, -0.2) is 7.11 Å². The van der Waals surface area contributed by atoms with E-state index in [1.165, 1.54) is 7.11 Å². The summed E-state index contributed by atoms with van der Waals surface area (Å²) in [5.41, 5.74) is 1.58. The van der Waals surface area contributed by atoms with Gasteiger partial charge < -0.3 is 4.74 Å². The van der Waals surface area contributed by atoms with Crippen molar-refractivity contribution in [1.29, 1.82) is 0 Å². The Kier molecular flexibility index (Phi) is 5.83. The third kappa shape index (κ3) is 4.58. The van der Waals surface area contributed by atoms with E-state index in [4.69, 9.17) is 4.74 Å². The standard InChI is InChI=1S/C27H14F4O/c1-32-22-15-24(28)23(25(29)16-22)11-9-18-4-2-17(3-5-18)6-7-19-8-10-20-13-26(30)27(31)14-21(20)12-19/h2-5,8,10,12-16H,1H3. The molecule has 0 aliphatic heterocycles. The third-order valence-electron chi connectivity index (χ3n) is 4.70. The van der Waals surface area contributed by atoms with Gasteiger partial charge in [0.15, 0.2) is 11.6 Å². The molecule has 0 heterocycles. The first kappa shape index (κ1) is 21.0. The number of ether oxygens (including phenoxy) is 1. The number of halogens is 4. The minimum Gasteiger partial charge on any atom is -0.497 e. The lowest BCUT2D eigenvalue weighted by Crippen LogP contribution is -1.93. The molecule has 0 amide bonds. The van der Waals surface area contributed by atoms with E-state index in [2.05, 4.69) is 23.7 Å². The van der Waals surface area contributed by atoms with Crippen molar-refractivity contribution in [2.45, 2.75) is 0 Å².